The van der Waals surface area contributed by atoms with E-state index in [9.17, 15) is 9.59 Å². The van der Waals surface area contributed by atoms with Crippen molar-refractivity contribution in [2.24, 2.45) is 5.92 Å². The minimum atomic E-state index is -1.02. The molecule has 0 saturated heterocycles. The first-order valence-electron chi connectivity index (χ1n) is 6.70. The van der Waals surface area contributed by atoms with E-state index in [1.165, 1.54) is 0 Å². The molecule has 1 amide bonds. The number of nitrogens with one attached hydrogen (secondary N) is 1. The van der Waals surface area contributed by atoms with Crippen LogP contribution in [0.4, 0.5) is 0 Å². The first-order valence-corrected chi connectivity index (χ1v) is 6.70. The van der Waals surface area contributed by atoms with Gasteiger partial charge in [0.1, 0.15) is 11.8 Å². The maximum Gasteiger partial charge on any atom is 0.326 e. The normalized spacial score (nSPS) is 12.0. The van der Waals surface area contributed by atoms with Crippen molar-refractivity contribution in [1.82, 2.24) is 5.32 Å². The Labute approximate surface area is 118 Å². The fourth-order valence-corrected chi connectivity index (χ4v) is 1.80. The number of rotatable bonds is 7. The SMILES string of the molecule is CCOc1ccc(C(=O)N[C@H](CC(C)C)C(=O)O)cc1. The summed E-state index contributed by atoms with van der Waals surface area (Å²) in [5.41, 5.74) is 0.420. The predicted octanol–water partition coefficient (Wildman–Crippen LogP) is 2.31. The smallest absolute Gasteiger partial charge is 0.326 e. The third kappa shape index (κ3) is 4.91. The van der Waals surface area contributed by atoms with Crippen LogP contribution in [0.25, 0.3) is 0 Å². The fourth-order valence-electron chi connectivity index (χ4n) is 1.80. The predicted molar refractivity (Wildman–Crippen MR) is 76.0 cm³/mol. The Morgan fingerprint density at radius 3 is 2.30 bits per heavy atom. The Morgan fingerprint density at radius 2 is 1.85 bits per heavy atom. The molecule has 1 aromatic carbocycles. The number of carbonyl (C=O) groups is 2. The lowest BCUT2D eigenvalue weighted by Crippen LogP contribution is -2.41. The average molecular weight is 279 g/mol. The van der Waals surface area contributed by atoms with Crippen molar-refractivity contribution in [3.8, 4) is 5.75 Å². The number of aliphatic carboxylic acids is 1. The molecule has 0 saturated carbocycles. The Hall–Kier alpha value is -2.04. The van der Waals surface area contributed by atoms with E-state index >= 15 is 0 Å². The lowest BCUT2D eigenvalue weighted by atomic mass is 10.0. The van der Waals surface area contributed by atoms with Crippen molar-refractivity contribution in [3.05, 3.63) is 29.8 Å². The summed E-state index contributed by atoms with van der Waals surface area (Å²) in [6.07, 6.45) is 0.401. The van der Waals surface area contributed by atoms with Gasteiger partial charge in [-0.05, 0) is 43.5 Å². The topological polar surface area (TPSA) is 75.6 Å². The number of hydrogen-bond acceptors (Lipinski definition) is 3. The van der Waals surface area contributed by atoms with Crippen LogP contribution in [0, 0.1) is 5.92 Å². The first-order chi connectivity index (χ1) is 9.43. The Balaban J connectivity index is 2.70. The molecule has 0 aliphatic rings. The van der Waals surface area contributed by atoms with Crippen LogP contribution < -0.4 is 10.1 Å². The Morgan fingerprint density at radius 1 is 1.25 bits per heavy atom. The largest absolute Gasteiger partial charge is 0.494 e. The number of ether oxygens (including phenoxy) is 1. The molecule has 1 atom stereocenters. The maximum atomic E-state index is 12.0. The van der Waals surface area contributed by atoms with Crippen LogP contribution in [0.2, 0.25) is 0 Å². The van der Waals surface area contributed by atoms with Crippen LogP contribution in [-0.2, 0) is 4.79 Å². The van der Waals surface area contributed by atoms with E-state index in [0.717, 1.165) is 0 Å². The van der Waals surface area contributed by atoms with Gasteiger partial charge in [-0.15, -0.1) is 0 Å². The summed E-state index contributed by atoms with van der Waals surface area (Å²) in [6, 6.07) is 5.75. The highest BCUT2D eigenvalue weighted by atomic mass is 16.5. The van der Waals surface area contributed by atoms with Crippen molar-refractivity contribution < 1.29 is 19.4 Å². The van der Waals surface area contributed by atoms with Crippen LogP contribution in [-0.4, -0.2) is 29.6 Å². The van der Waals surface area contributed by atoms with E-state index in [2.05, 4.69) is 5.32 Å². The molecule has 0 unspecified atom stereocenters. The van der Waals surface area contributed by atoms with Crippen molar-refractivity contribution >= 4 is 11.9 Å². The number of carbonyl (C=O) groups excluding carboxylic acids is 1. The molecule has 0 heterocycles. The molecule has 20 heavy (non-hydrogen) atoms. The lowest BCUT2D eigenvalue weighted by Gasteiger charge is -2.16. The van der Waals surface area contributed by atoms with E-state index in [-0.39, 0.29) is 11.8 Å². The molecule has 0 bridgehead atoms. The average Bonchev–Trinajstić information content (AvgIpc) is 2.38. The van der Waals surface area contributed by atoms with E-state index in [0.29, 0.717) is 24.3 Å². The molecule has 2 N–H and O–H groups in total. The molecule has 5 heteroatoms. The minimum Gasteiger partial charge on any atom is -0.494 e. The van der Waals surface area contributed by atoms with Gasteiger partial charge < -0.3 is 15.2 Å². The summed E-state index contributed by atoms with van der Waals surface area (Å²) in [5.74, 6) is -0.531. The molecule has 1 rings (SSSR count). The second kappa shape index (κ2) is 7.53. The zero-order valence-electron chi connectivity index (χ0n) is 12.1. The van der Waals surface area contributed by atoms with Gasteiger partial charge >= 0.3 is 5.97 Å². The Bertz CT molecular complexity index is 453. The molecule has 0 radical (unpaired) electrons. The standard InChI is InChI=1S/C15H21NO4/c1-4-20-12-7-5-11(6-8-12)14(17)16-13(15(18)19)9-10(2)3/h5-8,10,13H,4,9H2,1-3H3,(H,16,17)(H,18,19)/t13-/m1/s1. The number of hydrogen-bond donors (Lipinski definition) is 2. The van der Waals surface area contributed by atoms with E-state index in [4.69, 9.17) is 9.84 Å². The molecule has 5 nitrogen and oxygen atoms in total. The molecule has 0 aromatic heterocycles. The summed E-state index contributed by atoms with van der Waals surface area (Å²) in [4.78, 5) is 23.1. The van der Waals surface area contributed by atoms with Gasteiger partial charge in [0, 0.05) is 5.56 Å². The minimum absolute atomic E-state index is 0.191. The molecule has 0 aliphatic heterocycles. The summed E-state index contributed by atoms with van der Waals surface area (Å²) in [5, 5.41) is 11.6. The molecular weight excluding hydrogens is 258 g/mol. The summed E-state index contributed by atoms with van der Waals surface area (Å²) in [7, 11) is 0. The van der Waals surface area contributed by atoms with Crippen LogP contribution in [0.3, 0.4) is 0 Å². The number of amides is 1. The highest BCUT2D eigenvalue weighted by molar-refractivity contribution is 5.96. The highest BCUT2D eigenvalue weighted by Crippen LogP contribution is 2.13. The zero-order chi connectivity index (χ0) is 15.1. The molecule has 1 aromatic rings. The van der Waals surface area contributed by atoms with Gasteiger partial charge in [0.25, 0.3) is 5.91 Å². The van der Waals surface area contributed by atoms with Crippen LogP contribution in [0.15, 0.2) is 24.3 Å². The van der Waals surface area contributed by atoms with Gasteiger partial charge in [-0.1, -0.05) is 13.8 Å². The maximum absolute atomic E-state index is 12.0. The highest BCUT2D eigenvalue weighted by Gasteiger charge is 2.21. The summed E-state index contributed by atoms with van der Waals surface area (Å²) < 4.78 is 5.29. The fraction of sp³-hybridized carbons (Fsp3) is 0.467. The number of benzene rings is 1. The second-order valence-corrected chi connectivity index (χ2v) is 4.95. The monoisotopic (exact) mass is 279 g/mol. The van der Waals surface area contributed by atoms with Gasteiger partial charge in [0.15, 0.2) is 0 Å². The molecule has 0 fully saturated rings. The van der Waals surface area contributed by atoms with Gasteiger partial charge in [-0.3, -0.25) is 4.79 Å². The first kappa shape index (κ1) is 16.0. The lowest BCUT2D eigenvalue weighted by molar-refractivity contribution is -0.139. The van der Waals surface area contributed by atoms with Crippen molar-refractivity contribution in [3.63, 3.8) is 0 Å². The van der Waals surface area contributed by atoms with Crippen LogP contribution in [0.5, 0.6) is 5.75 Å². The van der Waals surface area contributed by atoms with Crippen LogP contribution in [0.1, 0.15) is 37.6 Å². The number of carboxylic acid groups (broad SMARTS) is 1. The van der Waals surface area contributed by atoms with Gasteiger partial charge in [0.2, 0.25) is 0 Å². The number of carboxylic acids is 1. The van der Waals surface area contributed by atoms with E-state index < -0.39 is 12.0 Å². The summed E-state index contributed by atoms with van der Waals surface area (Å²) >= 11 is 0. The van der Waals surface area contributed by atoms with Gasteiger partial charge in [0.05, 0.1) is 6.61 Å². The van der Waals surface area contributed by atoms with E-state index in [1.54, 1.807) is 24.3 Å². The zero-order valence-corrected chi connectivity index (χ0v) is 12.1. The second-order valence-electron chi connectivity index (χ2n) is 4.95. The van der Waals surface area contributed by atoms with E-state index in [1.807, 2.05) is 20.8 Å². The third-order valence-electron chi connectivity index (χ3n) is 2.74. The Kier molecular flexibility index (Phi) is 6.03. The molecular formula is C15H21NO4. The van der Waals surface area contributed by atoms with Crippen LogP contribution >= 0.6 is 0 Å². The van der Waals surface area contributed by atoms with Gasteiger partial charge in [-0.25, -0.2) is 4.79 Å². The molecule has 0 aliphatic carbocycles. The van der Waals surface area contributed by atoms with Crippen molar-refractivity contribution in [1.29, 1.82) is 0 Å². The molecule has 110 valence electrons. The van der Waals surface area contributed by atoms with Crippen molar-refractivity contribution in [2.75, 3.05) is 6.61 Å². The van der Waals surface area contributed by atoms with Crippen molar-refractivity contribution in [2.45, 2.75) is 33.2 Å². The summed E-state index contributed by atoms with van der Waals surface area (Å²) in [6.45, 7) is 6.27. The van der Waals surface area contributed by atoms with Gasteiger partial charge in [-0.2, -0.15) is 0 Å². The third-order valence-corrected chi connectivity index (χ3v) is 2.74. The molecule has 0 spiro atoms. The quantitative estimate of drug-likeness (QED) is 0.803.